The van der Waals surface area contributed by atoms with Gasteiger partial charge in [0.2, 0.25) is 10.0 Å². The fraction of sp³-hybridized carbons (Fsp3) is 0.273. The summed E-state index contributed by atoms with van der Waals surface area (Å²) in [5.41, 5.74) is 5.69. The van der Waals surface area contributed by atoms with Crippen molar-refractivity contribution < 1.29 is 12.8 Å². The smallest absolute Gasteiger partial charge is 0.244 e. The summed E-state index contributed by atoms with van der Waals surface area (Å²) in [6.07, 6.45) is 1.49. The van der Waals surface area contributed by atoms with E-state index in [9.17, 15) is 12.8 Å². The lowest BCUT2D eigenvalue weighted by Gasteiger charge is -2.09. The molecule has 114 valence electrons. The molecule has 1 heterocycles. The lowest BCUT2D eigenvalue weighted by Crippen LogP contribution is -2.26. The normalized spacial score (nSPS) is 11.8. The fourth-order valence-electron chi connectivity index (χ4n) is 1.70. The Bertz CT molecular complexity index is 762. The summed E-state index contributed by atoms with van der Waals surface area (Å²) in [5, 5.41) is 7.49. The van der Waals surface area contributed by atoms with Crippen LogP contribution in [-0.2, 0) is 23.1 Å². The van der Waals surface area contributed by atoms with E-state index in [0.29, 0.717) is 12.4 Å². The number of nitrogens with one attached hydrogen (secondary N) is 1. The minimum atomic E-state index is -4.05. The van der Waals surface area contributed by atoms with Crippen LogP contribution in [0.5, 0.6) is 0 Å². The number of nitrogens with two attached hydrogens (primary N) is 1. The van der Waals surface area contributed by atoms with Crippen LogP contribution in [0, 0.1) is 5.82 Å². The molecule has 0 aliphatic heterocycles. The van der Waals surface area contributed by atoms with Gasteiger partial charge in [0.15, 0.2) is 5.82 Å². The number of rotatable bonds is 5. The van der Waals surface area contributed by atoms with Crippen molar-refractivity contribution in [2.75, 3.05) is 5.73 Å². The summed E-state index contributed by atoms with van der Waals surface area (Å²) in [6.45, 7) is 2.38. The molecule has 0 radical (unpaired) electrons. The maximum absolute atomic E-state index is 13.9. The average Bonchev–Trinajstić information content (AvgIpc) is 2.88. The van der Waals surface area contributed by atoms with Gasteiger partial charge in [-0.05, 0) is 35.0 Å². The minimum absolute atomic E-state index is 0.0143. The molecule has 0 amide bonds. The van der Waals surface area contributed by atoms with E-state index in [2.05, 4.69) is 30.8 Å². The molecular weight excluding hydrogens is 365 g/mol. The van der Waals surface area contributed by atoms with Crippen LogP contribution in [0.15, 0.2) is 27.8 Å². The largest absolute Gasteiger partial charge is 0.399 e. The van der Waals surface area contributed by atoms with Gasteiger partial charge in [-0.3, -0.25) is 0 Å². The van der Waals surface area contributed by atoms with Crippen LogP contribution in [0.25, 0.3) is 0 Å². The van der Waals surface area contributed by atoms with Gasteiger partial charge >= 0.3 is 0 Å². The van der Waals surface area contributed by atoms with Gasteiger partial charge in [0.25, 0.3) is 0 Å². The molecule has 3 N–H and O–H groups in total. The predicted molar refractivity (Wildman–Crippen MR) is 78.2 cm³/mol. The highest BCUT2D eigenvalue weighted by atomic mass is 79.9. The Morgan fingerprint density at radius 1 is 1.48 bits per heavy atom. The van der Waals surface area contributed by atoms with Crippen molar-refractivity contribution in [3.63, 3.8) is 0 Å². The molecule has 21 heavy (non-hydrogen) atoms. The number of hydrogen-bond acceptors (Lipinski definition) is 5. The highest BCUT2D eigenvalue weighted by Gasteiger charge is 2.22. The van der Waals surface area contributed by atoms with Gasteiger partial charge in [0.1, 0.15) is 17.0 Å². The zero-order valence-corrected chi connectivity index (χ0v) is 13.4. The summed E-state index contributed by atoms with van der Waals surface area (Å²) >= 11 is 2.93. The van der Waals surface area contributed by atoms with Gasteiger partial charge in [0, 0.05) is 12.2 Å². The van der Waals surface area contributed by atoms with Crippen LogP contribution in [0.3, 0.4) is 0 Å². The van der Waals surface area contributed by atoms with Gasteiger partial charge in [-0.15, -0.1) is 10.2 Å². The highest BCUT2D eigenvalue weighted by molar-refractivity contribution is 9.10. The number of aromatic nitrogens is 3. The average molecular weight is 378 g/mol. The maximum atomic E-state index is 13.9. The highest BCUT2D eigenvalue weighted by Crippen LogP contribution is 2.26. The molecule has 0 aliphatic rings. The van der Waals surface area contributed by atoms with E-state index in [4.69, 9.17) is 5.73 Å². The van der Waals surface area contributed by atoms with Gasteiger partial charge in [-0.1, -0.05) is 0 Å². The summed E-state index contributed by atoms with van der Waals surface area (Å²) in [5.74, 6) is -0.460. The Hall–Kier alpha value is -1.52. The number of anilines is 1. The molecule has 0 bridgehead atoms. The first-order valence-electron chi connectivity index (χ1n) is 5.96. The molecule has 2 rings (SSSR count). The lowest BCUT2D eigenvalue weighted by atomic mass is 10.3. The van der Waals surface area contributed by atoms with Gasteiger partial charge in [-0.2, -0.15) is 0 Å². The first-order valence-corrected chi connectivity index (χ1v) is 8.23. The molecule has 0 unspecified atom stereocenters. The van der Waals surface area contributed by atoms with Crippen LogP contribution < -0.4 is 10.5 Å². The molecule has 1 aromatic carbocycles. The van der Waals surface area contributed by atoms with E-state index in [-0.39, 0.29) is 16.7 Å². The van der Waals surface area contributed by atoms with E-state index >= 15 is 0 Å². The minimum Gasteiger partial charge on any atom is -0.399 e. The Morgan fingerprint density at radius 2 is 2.19 bits per heavy atom. The Kier molecular flexibility index (Phi) is 4.59. The molecule has 1 aromatic heterocycles. The number of hydrogen-bond donors (Lipinski definition) is 2. The third kappa shape index (κ3) is 3.39. The number of halogens is 2. The zero-order chi connectivity index (χ0) is 15.6. The topological polar surface area (TPSA) is 103 Å². The lowest BCUT2D eigenvalue weighted by molar-refractivity contribution is 0.550. The number of sulfonamides is 1. The van der Waals surface area contributed by atoms with Crippen molar-refractivity contribution in [1.82, 2.24) is 19.5 Å². The van der Waals surface area contributed by atoms with Crippen LogP contribution >= 0.6 is 15.9 Å². The summed E-state index contributed by atoms with van der Waals surface area (Å²) < 4.78 is 42.2. The predicted octanol–water partition coefficient (Wildman–Crippen LogP) is 1.26. The second-order valence-electron chi connectivity index (χ2n) is 4.17. The Morgan fingerprint density at radius 3 is 2.86 bits per heavy atom. The molecule has 7 nitrogen and oxygen atoms in total. The SMILES string of the molecule is CCn1cnnc1CNS(=O)(=O)c1cc(N)cc(Br)c1F. The second-order valence-corrected chi connectivity index (χ2v) is 6.76. The fourth-order valence-corrected chi connectivity index (χ4v) is 3.42. The van der Waals surface area contributed by atoms with Gasteiger partial charge < -0.3 is 10.3 Å². The molecule has 2 aromatic rings. The van der Waals surface area contributed by atoms with Crippen LogP contribution in [0.1, 0.15) is 12.7 Å². The van der Waals surface area contributed by atoms with Crippen LogP contribution in [-0.4, -0.2) is 23.2 Å². The Labute approximate surface area is 129 Å². The number of nitrogen functional groups attached to an aromatic ring is 1. The third-order valence-corrected chi connectivity index (χ3v) is 4.74. The molecule has 0 spiro atoms. The molecule has 0 fully saturated rings. The van der Waals surface area contributed by atoms with E-state index in [1.165, 1.54) is 12.4 Å². The maximum Gasteiger partial charge on any atom is 0.244 e. The summed E-state index contributed by atoms with van der Waals surface area (Å²) in [4.78, 5) is -0.517. The molecule has 0 atom stereocenters. The number of nitrogens with zero attached hydrogens (tertiary/aromatic N) is 3. The number of benzene rings is 1. The monoisotopic (exact) mass is 377 g/mol. The standard InChI is InChI=1S/C11H13BrFN5O2S/c1-2-18-6-15-17-10(18)5-16-21(19,20)9-4-7(14)3-8(12)11(9)13/h3-4,6,16H,2,5,14H2,1H3. The summed E-state index contributed by atoms with van der Waals surface area (Å²) in [6, 6.07) is 2.36. The molecule has 0 saturated carbocycles. The van der Waals surface area contributed by atoms with E-state index in [1.807, 2.05) is 6.92 Å². The van der Waals surface area contributed by atoms with E-state index in [0.717, 1.165) is 6.07 Å². The van der Waals surface area contributed by atoms with Crippen molar-refractivity contribution in [2.45, 2.75) is 24.9 Å². The zero-order valence-electron chi connectivity index (χ0n) is 11.0. The van der Waals surface area contributed by atoms with Gasteiger partial charge in [-0.25, -0.2) is 17.5 Å². The van der Waals surface area contributed by atoms with Crippen molar-refractivity contribution >= 4 is 31.6 Å². The van der Waals surface area contributed by atoms with Crippen molar-refractivity contribution in [1.29, 1.82) is 0 Å². The first kappa shape index (κ1) is 15.9. The Balaban J connectivity index is 2.27. The van der Waals surface area contributed by atoms with Crippen molar-refractivity contribution in [3.05, 3.63) is 34.6 Å². The third-order valence-electron chi connectivity index (χ3n) is 2.76. The second kappa shape index (κ2) is 6.08. The first-order chi connectivity index (χ1) is 9.85. The molecule has 10 heteroatoms. The molecule has 0 saturated heterocycles. The quantitative estimate of drug-likeness (QED) is 0.763. The van der Waals surface area contributed by atoms with Crippen molar-refractivity contribution in [2.24, 2.45) is 0 Å². The van der Waals surface area contributed by atoms with E-state index in [1.54, 1.807) is 4.57 Å². The molecular formula is C11H13BrFN5O2S. The van der Waals surface area contributed by atoms with Crippen molar-refractivity contribution in [3.8, 4) is 0 Å². The van der Waals surface area contributed by atoms with Crippen LogP contribution in [0.2, 0.25) is 0 Å². The van der Waals surface area contributed by atoms with Crippen LogP contribution in [0.4, 0.5) is 10.1 Å². The number of aryl methyl sites for hydroxylation is 1. The summed E-state index contributed by atoms with van der Waals surface area (Å²) in [7, 11) is -4.05. The molecule has 0 aliphatic carbocycles. The van der Waals surface area contributed by atoms with Gasteiger partial charge in [0.05, 0.1) is 11.0 Å². The van der Waals surface area contributed by atoms with E-state index < -0.39 is 20.7 Å².